The zero-order valence-corrected chi connectivity index (χ0v) is 23.1. The Morgan fingerprint density at radius 3 is 2.63 bits per heavy atom. The molecule has 4 atom stereocenters. The highest BCUT2D eigenvalue weighted by atomic mass is 35.5. The number of likely N-dealkylation sites (tertiary alicyclic amines) is 1. The first-order valence-electron chi connectivity index (χ1n) is 12.9. The van der Waals surface area contributed by atoms with Gasteiger partial charge < -0.3 is 16.0 Å². The number of alkyl halides is 1. The number of hydrogen-bond donors (Lipinski definition) is 3. The summed E-state index contributed by atoms with van der Waals surface area (Å²) in [5.41, 5.74) is -0.0829. The summed E-state index contributed by atoms with van der Waals surface area (Å²) in [5, 5.41) is 9.86. The van der Waals surface area contributed by atoms with E-state index in [1.165, 1.54) is 6.07 Å². The predicted octanol–water partition coefficient (Wildman–Crippen LogP) is 4.65. The number of nitrogens with one attached hydrogen (secondary N) is 3. The highest BCUT2D eigenvalue weighted by Gasteiger charge is 2.66. The second-order valence-electron chi connectivity index (χ2n) is 11.7. The largest absolute Gasteiger partial charge is 0.349 e. The molecule has 3 aliphatic heterocycles. The van der Waals surface area contributed by atoms with E-state index in [9.17, 15) is 14.0 Å². The molecule has 5 rings (SSSR count). The zero-order chi connectivity index (χ0) is 27.4. The van der Waals surface area contributed by atoms with Crippen LogP contribution in [0.5, 0.6) is 0 Å². The molecule has 2 aromatic rings. The molecule has 38 heavy (non-hydrogen) atoms. The van der Waals surface area contributed by atoms with Gasteiger partial charge in [-0.25, -0.2) is 8.78 Å². The lowest BCUT2D eigenvalue weighted by Crippen LogP contribution is -2.62. The van der Waals surface area contributed by atoms with E-state index < -0.39 is 35.9 Å². The summed E-state index contributed by atoms with van der Waals surface area (Å²) in [7, 11) is 0. The fourth-order valence-electron chi connectivity index (χ4n) is 6.41. The van der Waals surface area contributed by atoms with Crippen LogP contribution in [-0.2, 0) is 15.0 Å². The molecule has 2 aromatic carbocycles. The van der Waals surface area contributed by atoms with Crippen LogP contribution in [0.4, 0.5) is 14.5 Å². The molecule has 0 bridgehead atoms. The molecule has 6 nitrogen and oxygen atoms in total. The molecule has 2 amide bonds. The number of carbonyl (C=O) groups excluding carboxylic acids is 2. The van der Waals surface area contributed by atoms with Crippen molar-refractivity contribution >= 4 is 40.7 Å². The number of hydrogen-bond acceptors (Lipinski definition) is 4. The summed E-state index contributed by atoms with van der Waals surface area (Å²) in [6.45, 7) is 7.14. The second kappa shape index (κ2) is 10.0. The number of benzene rings is 2. The van der Waals surface area contributed by atoms with Crippen LogP contribution in [0.15, 0.2) is 36.4 Å². The molecule has 2 fully saturated rings. The molecule has 204 valence electrons. The molecule has 3 aliphatic rings. The summed E-state index contributed by atoms with van der Waals surface area (Å²) in [6, 6.07) is 8.32. The Labute approximate surface area is 231 Å². The molecule has 0 radical (unpaired) electrons. The van der Waals surface area contributed by atoms with Gasteiger partial charge in [0, 0.05) is 42.3 Å². The summed E-state index contributed by atoms with van der Waals surface area (Å²) < 4.78 is 28.5. The maximum atomic E-state index is 15.7. The van der Waals surface area contributed by atoms with E-state index in [-0.39, 0.29) is 33.9 Å². The van der Waals surface area contributed by atoms with E-state index in [1.54, 1.807) is 30.3 Å². The van der Waals surface area contributed by atoms with Crippen molar-refractivity contribution < 1.29 is 18.4 Å². The number of anilines is 1. The summed E-state index contributed by atoms with van der Waals surface area (Å²) >= 11 is 12.5. The molecule has 1 spiro atoms. The van der Waals surface area contributed by atoms with Gasteiger partial charge in [-0.1, -0.05) is 62.2 Å². The molecule has 10 heteroatoms. The van der Waals surface area contributed by atoms with Crippen LogP contribution in [0, 0.1) is 11.2 Å². The van der Waals surface area contributed by atoms with Gasteiger partial charge in [-0.15, -0.1) is 0 Å². The van der Waals surface area contributed by atoms with Gasteiger partial charge in [0.05, 0.1) is 17.1 Å². The van der Waals surface area contributed by atoms with E-state index in [2.05, 4.69) is 36.7 Å². The van der Waals surface area contributed by atoms with E-state index in [4.69, 9.17) is 23.2 Å². The van der Waals surface area contributed by atoms with Gasteiger partial charge in [0.2, 0.25) is 11.8 Å². The number of halogens is 4. The van der Waals surface area contributed by atoms with Crippen LogP contribution in [0.2, 0.25) is 10.0 Å². The van der Waals surface area contributed by atoms with Crippen molar-refractivity contribution in [1.29, 1.82) is 0 Å². The van der Waals surface area contributed by atoms with Crippen LogP contribution in [0.1, 0.15) is 44.2 Å². The maximum absolute atomic E-state index is 15.7. The van der Waals surface area contributed by atoms with Crippen molar-refractivity contribution in [3.8, 4) is 0 Å². The quantitative estimate of drug-likeness (QED) is 0.477. The smallest absolute Gasteiger partial charge is 0.238 e. The standard InChI is InChI=1S/C28H32Cl2F2N4O2/c1-27(2,3)12-21-28(18-8-7-15(29)11-20(18)34-26(28)38)22(17-5-4-6-19(30)23(17)32)24(35-21)25(37)33-16-13-36(14-16)10-9-31/h4-8,11,16,21-22,24,35H,9-10,12-14H2,1-3H3,(H,33,37)(H,34,38)/t21-,22+,24-,28+/m1/s1. The predicted molar refractivity (Wildman–Crippen MR) is 145 cm³/mol. The molecular formula is C28H32Cl2F2N4O2. The Kier molecular flexibility index (Phi) is 7.22. The second-order valence-corrected chi connectivity index (χ2v) is 12.6. The lowest BCUT2D eigenvalue weighted by atomic mass is 9.62. The SMILES string of the molecule is CC(C)(C)C[C@H]1N[C@@H](C(=O)NC2CN(CCF)C2)[C@H](c2cccc(Cl)c2F)[C@@]12C(=O)Nc1cc(Cl)ccc12. The summed E-state index contributed by atoms with van der Waals surface area (Å²) in [5.74, 6) is -2.18. The first kappa shape index (κ1) is 27.3. The molecule has 0 unspecified atom stereocenters. The molecule has 3 heterocycles. The number of nitrogens with zero attached hydrogens (tertiary/aromatic N) is 1. The third kappa shape index (κ3) is 4.59. The van der Waals surface area contributed by atoms with Crippen LogP contribution in [0.25, 0.3) is 0 Å². The topological polar surface area (TPSA) is 73.5 Å². The van der Waals surface area contributed by atoms with Crippen LogP contribution < -0.4 is 16.0 Å². The third-order valence-corrected chi connectivity index (χ3v) is 8.45. The van der Waals surface area contributed by atoms with Crippen molar-refractivity contribution in [2.24, 2.45) is 5.41 Å². The first-order chi connectivity index (χ1) is 18.0. The average molecular weight is 565 g/mol. The minimum atomic E-state index is -1.29. The van der Waals surface area contributed by atoms with Crippen LogP contribution >= 0.6 is 23.2 Å². The van der Waals surface area contributed by atoms with E-state index in [1.807, 2.05) is 4.90 Å². The van der Waals surface area contributed by atoms with Gasteiger partial charge >= 0.3 is 0 Å². The summed E-state index contributed by atoms with van der Waals surface area (Å²) in [6.07, 6.45) is 0.540. The lowest BCUT2D eigenvalue weighted by Gasteiger charge is -2.40. The summed E-state index contributed by atoms with van der Waals surface area (Å²) in [4.78, 5) is 29.8. The van der Waals surface area contributed by atoms with Gasteiger partial charge in [-0.2, -0.15) is 0 Å². The van der Waals surface area contributed by atoms with E-state index in [0.29, 0.717) is 42.3 Å². The number of rotatable bonds is 6. The molecule has 2 saturated heterocycles. The fraction of sp³-hybridized carbons (Fsp3) is 0.500. The number of carbonyl (C=O) groups is 2. The van der Waals surface area contributed by atoms with Crippen molar-refractivity contribution in [3.63, 3.8) is 0 Å². The number of amides is 2. The number of fused-ring (bicyclic) bond motifs is 2. The highest BCUT2D eigenvalue weighted by molar-refractivity contribution is 6.31. The Bertz CT molecular complexity index is 1260. The van der Waals surface area contributed by atoms with Gasteiger partial charge in [0.1, 0.15) is 17.9 Å². The van der Waals surface area contributed by atoms with Crippen LogP contribution in [0.3, 0.4) is 0 Å². The average Bonchev–Trinajstić information content (AvgIpc) is 3.28. The van der Waals surface area contributed by atoms with E-state index in [0.717, 1.165) is 0 Å². The van der Waals surface area contributed by atoms with Gasteiger partial charge in [-0.05, 0) is 41.2 Å². The lowest BCUT2D eigenvalue weighted by molar-refractivity contribution is -0.125. The molecule has 0 saturated carbocycles. The maximum Gasteiger partial charge on any atom is 0.238 e. The molecular weight excluding hydrogens is 533 g/mol. The Balaban J connectivity index is 1.64. The first-order valence-corrected chi connectivity index (χ1v) is 13.6. The van der Waals surface area contributed by atoms with Gasteiger partial charge in [0.15, 0.2) is 0 Å². The minimum absolute atomic E-state index is 0.0772. The fourth-order valence-corrected chi connectivity index (χ4v) is 6.76. The van der Waals surface area contributed by atoms with Crippen LogP contribution in [-0.4, -0.2) is 61.1 Å². The monoisotopic (exact) mass is 564 g/mol. The molecule has 0 aromatic heterocycles. The highest BCUT2D eigenvalue weighted by Crippen LogP contribution is 2.57. The Morgan fingerprint density at radius 1 is 1.21 bits per heavy atom. The third-order valence-electron chi connectivity index (χ3n) is 7.93. The van der Waals surface area contributed by atoms with Crippen molar-refractivity contribution in [3.05, 3.63) is 63.4 Å². The molecule has 0 aliphatic carbocycles. The van der Waals surface area contributed by atoms with Crippen molar-refractivity contribution in [2.45, 2.75) is 56.7 Å². The normalized spacial score (nSPS) is 27.3. The Morgan fingerprint density at radius 2 is 1.95 bits per heavy atom. The van der Waals surface area contributed by atoms with Gasteiger partial charge in [0.25, 0.3) is 0 Å². The van der Waals surface area contributed by atoms with E-state index >= 15 is 4.39 Å². The zero-order valence-electron chi connectivity index (χ0n) is 21.6. The molecule has 3 N–H and O–H groups in total. The van der Waals surface area contributed by atoms with Crippen molar-refractivity contribution in [2.75, 3.05) is 31.6 Å². The Hall–Kier alpha value is -2.26. The van der Waals surface area contributed by atoms with Crippen molar-refractivity contribution in [1.82, 2.24) is 15.5 Å². The minimum Gasteiger partial charge on any atom is -0.349 e. The van der Waals surface area contributed by atoms with Gasteiger partial charge in [-0.3, -0.25) is 14.5 Å².